The molecular weight excluding hydrogens is 392 g/mol. The van der Waals surface area contributed by atoms with Crippen LogP contribution in [0.3, 0.4) is 0 Å². The minimum atomic E-state index is 0.0814. The van der Waals surface area contributed by atoms with Gasteiger partial charge in [0.05, 0.1) is 6.54 Å². The van der Waals surface area contributed by atoms with Crippen LogP contribution in [-0.4, -0.2) is 51.3 Å². The number of nitrogens with one attached hydrogen (secondary N) is 3. The molecule has 0 spiro atoms. The molecule has 0 bridgehead atoms. The van der Waals surface area contributed by atoms with Gasteiger partial charge in [0.1, 0.15) is 12.4 Å². The highest BCUT2D eigenvalue weighted by Gasteiger charge is 2.33. The van der Waals surface area contributed by atoms with Crippen molar-refractivity contribution in [2.24, 2.45) is 10.4 Å². The van der Waals surface area contributed by atoms with E-state index in [1.807, 2.05) is 18.2 Å². The molecule has 1 aliphatic carbocycles. The molecule has 2 aliphatic rings. The summed E-state index contributed by atoms with van der Waals surface area (Å²) in [5, 5.41) is 9.64. The molecule has 0 unspecified atom stereocenters. The van der Waals surface area contributed by atoms with Crippen LogP contribution in [0.5, 0.6) is 5.75 Å². The van der Waals surface area contributed by atoms with Crippen LogP contribution in [0.25, 0.3) is 0 Å². The molecule has 172 valence electrons. The highest BCUT2D eigenvalue weighted by Crippen LogP contribution is 2.41. The van der Waals surface area contributed by atoms with Crippen molar-refractivity contribution in [1.82, 2.24) is 10.6 Å². The summed E-state index contributed by atoms with van der Waals surface area (Å²) in [5.41, 5.74) is 2.31. The normalized spacial score (nSPS) is 17.7. The second kappa shape index (κ2) is 11.9. The van der Waals surface area contributed by atoms with E-state index in [0.29, 0.717) is 19.6 Å². The molecule has 1 heterocycles. The predicted molar refractivity (Wildman–Crippen MR) is 125 cm³/mol. The number of rotatable bonds is 11. The van der Waals surface area contributed by atoms with Gasteiger partial charge in [-0.25, -0.2) is 0 Å². The van der Waals surface area contributed by atoms with E-state index >= 15 is 0 Å². The monoisotopic (exact) mass is 430 g/mol. The maximum Gasteiger partial charge on any atom is 0.224 e. The number of hydrogen-bond acceptors (Lipinski definition) is 4. The number of hydrogen-bond donors (Lipinski definition) is 3. The molecular formula is C24H38N4O3. The standard InChI is InChI=1S/C24H38N4O3/c1-3-25-23(27-18-24(11-5-6-12-24)13-15-30-4-2)26-14-16-31-20-8-9-21-19(17-20)7-10-22(29)28-21/h8-9,17H,3-7,10-16,18H2,1-2H3,(H,28,29)(H2,25,26,27). The summed E-state index contributed by atoms with van der Waals surface area (Å²) in [7, 11) is 0. The zero-order valence-electron chi connectivity index (χ0n) is 19.1. The van der Waals surface area contributed by atoms with E-state index in [0.717, 1.165) is 62.1 Å². The Morgan fingerprint density at radius 1 is 1.16 bits per heavy atom. The van der Waals surface area contributed by atoms with Gasteiger partial charge >= 0.3 is 0 Å². The van der Waals surface area contributed by atoms with Crippen LogP contribution < -0.4 is 20.7 Å². The maximum absolute atomic E-state index is 11.5. The van der Waals surface area contributed by atoms with Crippen molar-refractivity contribution in [3.05, 3.63) is 23.8 Å². The van der Waals surface area contributed by atoms with Crippen molar-refractivity contribution >= 4 is 17.6 Å². The predicted octanol–water partition coefficient (Wildman–Crippen LogP) is 3.49. The van der Waals surface area contributed by atoms with E-state index in [1.54, 1.807) is 0 Å². The second-order valence-corrected chi connectivity index (χ2v) is 8.49. The smallest absolute Gasteiger partial charge is 0.224 e. The lowest BCUT2D eigenvalue weighted by molar-refractivity contribution is -0.116. The van der Waals surface area contributed by atoms with E-state index in [-0.39, 0.29) is 11.3 Å². The fraction of sp³-hybridized carbons (Fsp3) is 0.667. The highest BCUT2D eigenvalue weighted by molar-refractivity contribution is 5.94. The first-order valence-corrected chi connectivity index (χ1v) is 11.8. The lowest BCUT2D eigenvalue weighted by atomic mass is 9.83. The summed E-state index contributed by atoms with van der Waals surface area (Å²) in [5.74, 6) is 1.76. The van der Waals surface area contributed by atoms with Gasteiger partial charge in [-0.15, -0.1) is 0 Å². The molecule has 1 aliphatic heterocycles. The Hall–Kier alpha value is -2.28. The fourth-order valence-corrected chi connectivity index (χ4v) is 4.42. The number of carbonyl (C=O) groups excluding carboxylic acids is 1. The first-order valence-electron chi connectivity index (χ1n) is 11.8. The molecule has 3 N–H and O–H groups in total. The number of anilines is 1. The molecule has 0 aromatic heterocycles. The minimum absolute atomic E-state index is 0.0814. The minimum Gasteiger partial charge on any atom is -0.492 e. The number of guanidine groups is 1. The van der Waals surface area contributed by atoms with Crippen LogP contribution in [0.15, 0.2) is 23.2 Å². The number of aliphatic imine (C=N–C) groups is 1. The number of amides is 1. The number of aryl methyl sites for hydroxylation is 1. The summed E-state index contributed by atoms with van der Waals surface area (Å²) in [6.07, 6.45) is 7.46. The van der Waals surface area contributed by atoms with Crippen LogP contribution >= 0.6 is 0 Å². The van der Waals surface area contributed by atoms with E-state index < -0.39 is 0 Å². The summed E-state index contributed by atoms with van der Waals surface area (Å²) < 4.78 is 11.5. The largest absolute Gasteiger partial charge is 0.492 e. The van der Waals surface area contributed by atoms with Crippen molar-refractivity contribution in [3.8, 4) is 5.75 Å². The van der Waals surface area contributed by atoms with Crippen LogP contribution in [0.1, 0.15) is 57.9 Å². The van der Waals surface area contributed by atoms with E-state index in [4.69, 9.17) is 14.5 Å². The fourth-order valence-electron chi connectivity index (χ4n) is 4.42. The number of carbonyl (C=O) groups is 1. The average molecular weight is 431 g/mol. The molecule has 1 fully saturated rings. The number of fused-ring (bicyclic) bond motifs is 1. The third-order valence-corrected chi connectivity index (χ3v) is 6.20. The molecule has 1 amide bonds. The van der Waals surface area contributed by atoms with Gasteiger partial charge in [0.2, 0.25) is 5.91 Å². The summed E-state index contributed by atoms with van der Waals surface area (Å²) >= 11 is 0. The molecule has 1 saturated carbocycles. The summed E-state index contributed by atoms with van der Waals surface area (Å²) in [6.45, 7) is 8.63. The molecule has 1 aromatic carbocycles. The van der Waals surface area contributed by atoms with Gasteiger partial charge in [0.15, 0.2) is 5.96 Å². The maximum atomic E-state index is 11.5. The van der Waals surface area contributed by atoms with Crippen LogP contribution in [0.4, 0.5) is 5.69 Å². The zero-order valence-corrected chi connectivity index (χ0v) is 19.1. The van der Waals surface area contributed by atoms with Gasteiger partial charge in [-0.2, -0.15) is 0 Å². The molecule has 0 radical (unpaired) electrons. The van der Waals surface area contributed by atoms with Crippen molar-refractivity contribution in [2.75, 3.05) is 44.8 Å². The van der Waals surface area contributed by atoms with Gasteiger partial charge in [-0.3, -0.25) is 9.79 Å². The Balaban J connectivity index is 1.47. The number of ether oxygens (including phenoxy) is 2. The Morgan fingerprint density at radius 3 is 2.77 bits per heavy atom. The first-order chi connectivity index (χ1) is 15.1. The van der Waals surface area contributed by atoms with E-state index in [2.05, 4.69) is 29.8 Å². The van der Waals surface area contributed by atoms with Crippen molar-refractivity contribution in [2.45, 2.75) is 58.8 Å². The first kappa shape index (κ1) is 23.4. The lowest BCUT2D eigenvalue weighted by Crippen LogP contribution is -2.40. The Kier molecular flexibility index (Phi) is 9.00. The zero-order chi connectivity index (χ0) is 21.9. The van der Waals surface area contributed by atoms with Gasteiger partial charge in [0.25, 0.3) is 0 Å². The molecule has 7 nitrogen and oxygen atoms in total. The van der Waals surface area contributed by atoms with Gasteiger partial charge < -0.3 is 25.4 Å². The van der Waals surface area contributed by atoms with Gasteiger partial charge in [0, 0.05) is 38.4 Å². The van der Waals surface area contributed by atoms with Crippen molar-refractivity contribution < 1.29 is 14.3 Å². The van der Waals surface area contributed by atoms with Crippen LogP contribution in [0.2, 0.25) is 0 Å². The van der Waals surface area contributed by atoms with E-state index in [9.17, 15) is 4.79 Å². The third-order valence-electron chi connectivity index (χ3n) is 6.20. The molecule has 0 saturated heterocycles. The van der Waals surface area contributed by atoms with Crippen molar-refractivity contribution in [1.29, 1.82) is 0 Å². The van der Waals surface area contributed by atoms with Crippen molar-refractivity contribution in [3.63, 3.8) is 0 Å². The highest BCUT2D eigenvalue weighted by atomic mass is 16.5. The Labute approximate surface area is 186 Å². The Bertz CT molecular complexity index is 744. The van der Waals surface area contributed by atoms with Crippen LogP contribution in [0, 0.1) is 5.41 Å². The molecule has 3 rings (SSSR count). The quantitative estimate of drug-likeness (QED) is 0.284. The lowest BCUT2D eigenvalue weighted by Gasteiger charge is -2.27. The summed E-state index contributed by atoms with van der Waals surface area (Å²) in [6, 6.07) is 5.85. The third kappa shape index (κ3) is 7.13. The molecule has 7 heteroatoms. The average Bonchev–Trinajstić information content (AvgIpc) is 3.24. The number of nitrogens with zero attached hydrogens (tertiary/aromatic N) is 1. The summed E-state index contributed by atoms with van der Waals surface area (Å²) in [4.78, 5) is 16.4. The van der Waals surface area contributed by atoms with E-state index in [1.165, 1.54) is 25.7 Å². The topological polar surface area (TPSA) is 84.0 Å². The number of benzene rings is 1. The Morgan fingerprint density at radius 2 is 2.00 bits per heavy atom. The van der Waals surface area contributed by atoms with Gasteiger partial charge in [-0.1, -0.05) is 12.8 Å². The van der Waals surface area contributed by atoms with Crippen LogP contribution in [-0.2, 0) is 16.0 Å². The SMILES string of the molecule is CCNC(=NCC1(CCOCC)CCCC1)NCCOc1ccc2c(c1)CCC(=O)N2. The molecule has 31 heavy (non-hydrogen) atoms. The molecule has 1 aromatic rings. The molecule has 0 atom stereocenters. The van der Waals surface area contributed by atoms with Gasteiger partial charge in [-0.05, 0) is 68.7 Å². The second-order valence-electron chi connectivity index (χ2n) is 8.49.